The van der Waals surface area contributed by atoms with Crippen LogP contribution in [0.2, 0.25) is 0 Å². The minimum atomic E-state index is -2.84. The molecule has 1 unspecified atom stereocenters. The van der Waals surface area contributed by atoms with E-state index in [-0.39, 0.29) is 16.9 Å². The van der Waals surface area contributed by atoms with Crippen LogP contribution in [-0.4, -0.2) is 40.0 Å². The molecule has 25 heavy (non-hydrogen) atoms. The molecular weight excluding hydrogens is 386 g/mol. The van der Waals surface area contributed by atoms with E-state index in [2.05, 4.69) is 15.0 Å². The van der Waals surface area contributed by atoms with E-state index in [1.165, 1.54) is 23.5 Å². The van der Waals surface area contributed by atoms with Crippen molar-refractivity contribution in [3.05, 3.63) is 29.1 Å². The number of carbonyl (C=O) groups is 1. The molecule has 0 bridgehead atoms. The van der Waals surface area contributed by atoms with Crippen molar-refractivity contribution in [3.8, 4) is 17.0 Å². The second-order valence-corrected chi connectivity index (χ2v) is 8.91. The van der Waals surface area contributed by atoms with Gasteiger partial charge in [-0.05, 0) is 31.2 Å². The summed E-state index contributed by atoms with van der Waals surface area (Å²) in [5, 5.41) is 3.40. The fourth-order valence-corrected chi connectivity index (χ4v) is 5.73. The predicted octanol–water partition coefficient (Wildman–Crippen LogP) is 4.51. The molecule has 1 saturated heterocycles. The molecule has 3 rings (SSSR count). The molecule has 0 saturated carbocycles. The SMILES string of the molecule is Cc1sc(NC(=O)C2CSCCS2)nc1-c1ccc(OC(F)F)cc1. The second-order valence-electron chi connectivity index (χ2n) is 5.25. The molecule has 134 valence electrons. The molecule has 2 heterocycles. The summed E-state index contributed by atoms with van der Waals surface area (Å²) in [5.41, 5.74) is 1.52. The van der Waals surface area contributed by atoms with Gasteiger partial charge in [0.1, 0.15) is 5.75 Å². The lowest BCUT2D eigenvalue weighted by atomic mass is 10.1. The van der Waals surface area contributed by atoms with Crippen molar-refractivity contribution in [2.45, 2.75) is 18.8 Å². The summed E-state index contributed by atoms with van der Waals surface area (Å²) in [6.45, 7) is -0.929. The van der Waals surface area contributed by atoms with Crippen LogP contribution in [0.3, 0.4) is 0 Å². The Labute approximate surface area is 156 Å². The lowest BCUT2D eigenvalue weighted by molar-refractivity contribution is -0.115. The molecule has 0 aliphatic carbocycles. The first-order valence-corrected chi connectivity index (χ1v) is 10.6. The van der Waals surface area contributed by atoms with E-state index < -0.39 is 6.61 Å². The van der Waals surface area contributed by atoms with Crippen molar-refractivity contribution in [2.75, 3.05) is 22.6 Å². The van der Waals surface area contributed by atoms with Crippen LogP contribution in [0.1, 0.15) is 4.88 Å². The van der Waals surface area contributed by atoms with Gasteiger partial charge in [0.15, 0.2) is 5.13 Å². The number of hydrogen-bond acceptors (Lipinski definition) is 6. The van der Waals surface area contributed by atoms with E-state index in [0.717, 1.165) is 33.4 Å². The number of anilines is 1. The summed E-state index contributed by atoms with van der Waals surface area (Å²) in [6, 6.07) is 6.32. The van der Waals surface area contributed by atoms with Gasteiger partial charge in [-0.15, -0.1) is 23.1 Å². The number of benzene rings is 1. The number of ether oxygens (including phenoxy) is 1. The molecule has 2 aromatic rings. The van der Waals surface area contributed by atoms with Gasteiger partial charge < -0.3 is 10.1 Å². The molecule has 9 heteroatoms. The van der Waals surface area contributed by atoms with Crippen molar-refractivity contribution >= 4 is 45.9 Å². The molecule has 1 aliphatic heterocycles. The van der Waals surface area contributed by atoms with Crippen molar-refractivity contribution in [1.82, 2.24) is 4.98 Å². The molecule has 1 aromatic heterocycles. The molecule has 0 spiro atoms. The Kier molecular flexibility index (Phi) is 6.19. The number of thioether (sulfide) groups is 2. The molecule has 1 aliphatic rings. The van der Waals surface area contributed by atoms with Crippen LogP contribution in [0, 0.1) is 6.92 Å². The van der Waals surface area contributed by atoms with Gasteiger partial charge in [-0.2, -0.15) is 20.5 Å². The molecular formula is C16H16F2N2O2S3. The molecule has 4 nitrogen and oxygen atoms in total. The van der Waals surface area contributed by atoms with Crippen LogP contribution >= 0.6 is 34.9 Å². The third-order valence-corrected chi connectivity index (χ3v) is 7.13. The number of halogens is 2. The van der Waals surface area contributed by atoms with Crippen LogP contribution in [0.4, 0.5) is 13.9 Å². The van der Waals surface area contributed by atoms with E-state index in [1.807, 2.05) is 6.92 Å². The zero-order valence-corrected chi connectivity index (χ0v) is 15.8. The summed E-state index contributed by atoms with van der Waals surface area (Å²) in [4.78, 5) is 17.7. The summed E-state index contributed by atoms with van der Waals surface area (Å²) in [5.74, 6) is 2.97. The standard InChI is InChI=1S/C16H16F2N2O2S3/c1-9-13(10-2-4-11(5-3-10)22-15(17)18)19-16(25-9)20-14(21)12-8-23-6-7-24-12/h2-5,12,15H,6-8H2,1H3,(H,19,20,21). The number of nitrogens with zero attached hydrogens (tertiary/aromatic N) is 1. The Morgan fingerprint density at radius 1 is 1.32 bits per heavy atom. The van der Waals surface area contributed by atoms with E-state index in [1.54, 1.807) is 35.7 Å². The van der Waals surface area contributed by atoms with Crippen molar-refractivity contribution in [2.24, 2.45) is 0 Å². The van der Waals surface area contributed by atoms with Crippen LogP contribution < -0.4 is 10.1 Å². The Bertz CT molecular complexity index is 731. The normalized spacial score (nSPS) is 17.5. The number of amides is 1. The Hall–Kier alpha value is -1.32. The summed E-state index contributed by atoms with van der Waals surface area (Å²) >= 11 is 4.87. The number of hydrogen-bond donors (Lipinski definition) is 1. The average Bonchev–Trinajstić information content (AvgIpc) is 2.96. The highest BCUT2D eigenvalue weighted by molar-refractivity contribution is 8.07. The second kappa shape index (κ2) is 8.37. The third kappa shape index (κ3) is 4.86. The Balaban J connectivity index is 1.70. The lowest BCUT2D eigenvalue weighted by Gasteiger charge is -2.19. The minimum Gasteiger partial charge on any atom is -0.435 e. The van der Waals surface area contributed by atoms with Gasteiger partial charge in [0.05, 0.1) is 10.9 Å². The van der Waals surface area contributed by atoms with Gasteiger partial charge in [0, 0.05) is 27.7 Å². The first-order chi connectivity index (χ1) is 12.0. The fraction of sp³-hybridized carbons (Fsp3) is 0.375. The van der Waals surface area contributed by atoms with E-state index >= 15 is 0 Å². The maximum absolute atomic E-state index is 12.3. The van der Waals surface area contributed by atoms with Gasteiger partial charge in [0.25, 0.3) is 0 Å². The largest absolute Gasteiger partial charge is 0.435 e. The van der Waals surface area contributed by atoms with Gasteiger partial charge >= 0.3 is 6.61 Å². The Morgan fingerprint density at radius 3 is 2.72 bits per heavy atom. The van der Waals surface area contributed by atoms with Crippen LogP contribution in [-0.2, 0) is 4.79 Å². The van der Waals surface area contributed by atoms with Gasteiger partial charge in [-0.1, -0.05) is 0 Å². The van der Waals surface area contributed by atoms with Crippen molar-refractivity contribution in [3.63, 3.8) is 0 Å². The summed E-state index contributed by atoms with van der Waals surface area (Å²) in [7, 11) is 0. The number of carbonyl (C=O) groups excluding carboxylic acids is 1. The number of aromatic nitrogens is 1. The maximum Gasteiger partial charge on any atom is 0.387 e. The van der Waals surface area contributed by atoms with Crippen molar-refractivity contribution in [1.29, 1.82) is 0 Å². The number of aryl methyl sites for hydroxylation is 1. The first kappa shape index (κ1) is 18.5. The van der Waals surface area contributed by atoms with E-state index in [9.17, 15) is 13.6 Å². The van der Waals surface area contributed by atoms with Crippen molar-refractivity contribution < 1.29 is 18.3 Å². The smallest absolute Gasteiger partial charge is 0.387 e. The maximum atomic E-state index is 12.3. The van der Waals surface area contributed by atoms with Gasteiger partial charge in [0.2, 0.25) is 5.91 Å². The van der Waals surface area contributed by atoms with E-state index in [0.29, 0.717) is 5.13 Å². The summed E-state index contributed by atoms with van der Waals surface area (Å²) in [6.07, 6.45) is 0. The molecule has 1 atom stereocenters. The minimum absolute atomic E-state index is 0.0156. The summed E-state index contributed by atoms with van der Waals surface area (Å²) < 4.78 is 28.8. The average molecular weight is 403 g/mol. The zero-order chi connectivity index (χ0) is 17.8. The number of alkyl halides is 2. The zero-order valence-electron chi connectivity index (χ0n) is 13.3. The molecule has 0 radical (unpaired) electrons. The highest BCUT2D eigenvalue weighted by atomic mass is 32.2. The number of rotatable bonds is 5. The van der Waals surface area contributed by atoms with Gasteiger partial charge in [-0.25, -0.2) is 4.98 Å². The fourth-order valence-electron chi connectivity index (χ4n) is 2.34. The topological polar surface area (TPSA) is 51.2 Å². The molecule has 1 N–H and O–H groups in total. The van der Waals surface area contributed by atoms with E-state index in [4.69, 9.17) is 0 Å². The monoisotopic (exact) mass is 402 g/mol. The van der Waals surface area contributed by atoms with Gasteiger partial charge in [-0.3, -0.25) is 4.79 Å². The highest BCUT2D eigenvalue weighted by Gasteiger charge is 2.23. The predicted molar refractivity (Wildman–Crippen MR) is 101 cm³/mol. The lowest BCUT2D eigenvalue weighted by Crippen LogP contribution is -2.30. The third-order valence-electron chi connectivity index (χ3n) is 3.49. The van der Waals surface area contributed by atoms with Crippen LogP contribution in [0.15, 0.2) is 24.3 Å². The number of nitrogens with one attached hydrogen (secondary N) is 1. The Morgan fingerprint density at radius 2 is 2.08 bits per heavy atom. The van der Waals surface area contributed by atoms with Crippen LogP contribution in [0.25, 0.3) is 11.3 Å². The van der Waals surface area contributed by atoms with Crippen LogP contribution in [0.5, 0.6) is 5.75 Å². The molecule has 1 amide bonds. The first-order valence-electron chi connectivity index (χ1n) is 7.56. The highest BCUT2D eigenvalue weighted by Crippen LogP contribution is 2.32. The quantitative estimate of drug-likeness (QED) is 0.798. The number of thiazole rings is 1. The molecule has 1 aromatic carbocycles. The molecule has 1 fully saturated rings.